The number of aliphatic imine (C=N–C) groups is 2. The first-order chi connectivity index (χ1) is 10.0. The zero-order valence-electron chi connectivity index (χ0n) is 12.5. The summed E-state index contributed by atoms with van der Waals surface area (Å²) in [4.78, 5) is 10.9. The van der Waals surface area contributed by atoms with Crippen LogP contribution in [0.5, 0.6) is 0 Å². The molecule has 1 fully saturated rings. The Balaban J connectivity index is 0.00000176. The maximum atomic E-state index is 6.20. The van der Waals surface area contributed by atoms with Crippen LogP contribution in [-0.4, -0.2) is 17.6 Å². The molecule has 1 aliphatic carbocycles. The minimum absolute atomic E-state index is 0. The van der Waals surface area contributed by atoms with E-state index in [9.17, 15) is 0 Å². The number of guanidine groups is 2. The molecule has 0 bridgehead atoms. The van der Waals surface area contributed by atoms with Gasteiger partial charge in [-0.3, -0.25) is 4.90 Å². The van der Waals surface area contributed by atoms with E-state index in [2.05, 4.69) is 32.8 Å². The Morgan fingerprint density at radius 2 is 1.86 bits per heavy atom. The molecule has 1 aromatic carbocycles. The summed E-state index contributed by atoms with van der Waals surface area (Å²) in [5, 5.41) is 0. The summed E-state index contributed by atoms with van der Waals surface area (Å²) in [7, 11) is 0. The van der Waals surface area contributed by atoms with Gasteiger partial charge in [0, 0.05) is 4.47 Å². The van der Waals surface area contributed by atoms with Gasteiger partial charge in [0.25, 0.3) is 0 Å². The van der Waals surface area contributed by atoms with Gasteiger partial charge in [-0.25, -0.2) is 4.99 Å². The normalized spacial score (nSPS) is 27.9. The number of hydrogen-bond acceptors (Lipinski definition) is 5. The van der Waals surface area contributed by atoms with Crippen LogP contribution in [0.15, 0.2) is 38.7 Å². The number of nitrogens with two attached hydrogens (primary N) is 2. The van der Waals surface area contributed by atoms with Crippen LogP contribution in [0.3, 0.4) is 0 Å². The lowest BCUT2D eigenvalue weighted by molar-refractivity contribution is 0.252. The van der Waals surface area contributed by atoms with Crippen molar-refractivity contribution in [3.63, 3.8) is 0 Å². The smallest absolute Gasteiger partial charge is 0.220 e. The van der Waals surface area contributed by atoms with E-state index in [1.165, 1.54) is 0 Å². The molecule has 1 saturated carbocycles. The van der Waals surface area contributed by atoms with Crippen molar-refractivity contribution in [3.8, 4) is 0 Å². The molecule has 0 unspecified atom stereocenters. The monoisotopic (exact) mass is 385 g/mol. The third-order valence-electron chi connectivity index (χ3n) is 4.37. The molecule has 2 aliphatic rings. The van der Waals surface area contributed by atoms with Crippen molar-refractivity contribution in [3.05, 3.63) is 28.7 Å². The molecule has 5 nitrogen and oxygen atoms in total. The number of anilines is 1. The van der Waals surface area contributed by atoms with E-state index in [-0.39, 0.29) is 18.4 Å². The van der Waals surface area contributed by atoms with Gasteiger partial charge in [0.2, 0.25) is 11.9 Å². The fourth-order valence-corrected chi connectivity index (χ4v) is 3.67. The van der Waals surface area contributed by atoms with Crippen LogP contribution in [0.25, 0.3) is 0 Å². The first-order valence-corrected chi connectivity index (χ1v) is 8.05. The Morgan fingerprint density at radius 3 is 2.50 bits per heavy atom. The molecule has 0 atom stereocenters. The highest BCUT2D eigenvalue weighted by Crippen LogP contribution is 2.42. The minimum Gasteiger partial charge on any atom is -0.369 e. The van der Waals surface area contributed by atoms with Crippen molar-refractivity contribution in [2.24, 2.45) is 27.4 Å². The molecular formula is C15H21BrClN5. The second kappa shape index (κ2) is 6.46. The van der Waals surface area contributed by atoms with Crippen molar-refractivity contribution in [2.45, 2.75) is 38.3 Å². The Kier molecular flexibility index (Phi) is 5.02. The van der Waals surface area contributed by atoms with Crippen LogP contribution in [0.4, 0.5) is 5.69 Å². The van der Waals surface area contributed by atoms with Gasteiger partial charge in [-0.05, 0) is 59.7 Å². The highest BCUT2D eigenvalue weighted by Gasteiger charge is 2.44. The second-order valence-electron chi connectivity index (χ2n) is 5.89. The van der Waals surface area contributed by atoms with Crippen LogP contribution in [0.1, 0.15) is 32.6 Å². The van der Waals surface area contributed by atoms with E-state index in [4.69, 9.17) is 11.5 Å². The van der Waals surface area contributed by atoms with Crippen LogP contribution < -0.4 is 16.4 Å². The standard InChI is InChI=1S/C15H20BrN5.ClH/c1-10-6-8-15(9-7-10)20-13(17)19-14(18)21(15)12-5-3-2-4-11(12)16;/h2-5,10H,6-9H2,1H3,(H4,17,18,19,20);1H. The van der Waals surface area contributed by atoms with Crippen LogP contribution >= 0.6 is 28.3 Å². The van der Waals surface area contributed by atoms with Crippen LogP contribution in [0.2, 0.25) is 0 Å². The highest BCUT2D eigenvalue weighted by molar-refractivity contribution is 9.10. The molecule has 1 aliphatic heterocycles. The third kappa shape index (κ3) is 2.94. The predicted molar refractivity (Wildman–Crippen MR) is 97.5 cm³/mol. The van der Waals surface area contributed by atoms with Gasteiger partial charge in [-0.15, -0.1) is 12.4 Å². The van der Waals surface area contributed by atoms with Gasteiger partial charge < -0.3 is 11.5 Å². The maximum absolute atomic E-state index is 6.20. The molecule has 3 rings (SSSR count). The van der Waals surface area contributed by atoms with E-state index >= 15 is 0 Å². The van der Waals surface area contributed by atoms with Gasteiger partial charge in [-0.2, -0.15) is 4.99 Å². The van der Waals surface area contributed by atoms with E-state index in [1.807, 2.05) is 29.2 Å². The van der Waals surface area contributed by atoms with Gasteiger partial charge in [0.05, 0.1) is 5.69 Å². The number of nitrogens with zero attached hydrogens (tertiary/aromatic N) is 3. The van der Waals surface area contributed by atoms with E-state index in [0.717, 1.165) is 35.8 Å². The van der Waals surface area contributed by atoms with Gasteiger partial charge in [-0.1, -0.05) is 19.1 Å². The van der Waals surface area contributed by atoms with E-state index in [1.54, 1.807) is 0 Å². The molecule has 1 heterocycles. The molecule has 0 radical (unpaired) electrons. The van der Waals surface area contributed by atoms with Crippen LogP contribution in [-0.2, 0) is 0 Å². The minimum atomic E-state index is -0.397. The first-order valence-electron chi connectivity index (χ1n) is 7.26. The lowest BCUT2D eigenvalue weighted by atomic mass is 9.81. The fraction of sp³-hybridized carbons (Fsp3) is 0.467. The molecule has 120 valence electrons. The van der Waals surface area contributed by atoms with Crippen molar-refractivity contribution in [1.82, 2.24) is 0 Å². The first kappa shape index (κ1) is 17.1. The molecule has 0 aromatic heterocycles. The molecule has 1 spiro atoms. The predicted octanol–water partition coefficient (Wildman–Crippen LogP) is 3.23. The van der Waals surface area contributed by atoms with E-state index in [0.29, 0.717) is 11.9 Å². The number of rotatable bonds is 1. The summed E-state index contributed by atoms with van der Waals surface area (Å²) in [6.45, 7) is 2.28. The Hall–Kier alpha value is -1.27. The SMILES string of the molecule is CC1CCC2(CC1)N=C(N)N=C(N)N2c1ccccc1Br.Cl. The number of hydrogen-bond donors (Lipinski definition) is 2. The maximum Gasteiger partial charge on any atom is 0.220 e. The zero-order chi connectivity index (χ0) is 15.0. The van der Waals surface area contributed by atoms with Gasteiger partial charge in [0.15, 0.2) is 0 Å². The summed E-state index contributed by atoms with van der Waals surface area (Å²) >= 11 is 3.60. The van der Waals surface area contributed by atoms with E-state index < -0.39 is 5.66 Å². The van der Waals surface area contributed by atoms with Gasteiger partial charge >= 0.3 is 0 Å². The highest BCUT2D eigenvalue weighted by atomic mass is 79.9. The average Bonchev–Trinajstić information content (AvgIpc) is 2.43. The molecule has 7 heteroatoms. The quantitative estimate of drug-likeness (QED) is 0.777. The fourth-order valence-electron chi connectivity index (χ4n) is 3.21. The summed E-state index contributed by atoms with van der Waals surface area (Å²) in [5.74, 6) is 1.42. The number of benzene rings is 1. The molecule has 0 saturated heterocycles. The lowest BCUT2D eigenvalue weighted by Crippen LogP contribution is -2.58. The van der Waals surface area contributed by atoms with Crippen LogP contribution in [0, 0.1) is 5.92 Å². The summed E-state index contributed by atoms with van der Waals surface area (Å²) in [6, 6.07) is 8.01. The van der Waals surface area contributed by atoms with Gasteiger partial charge in [0.1, 0.15) is 5.66 Å². The lowest BCUT2D eigenvalue weighted by Gasteiger charge is -2.47. The number of halogens is 2. The third-order valence-corrected chi connectivity index (χ3v) is 5.04. The van der Waals surface area contributed by atoms with Crippen molar-refractivity contribution >= 4 is 45.9 Å². The average molecular weight is 387 g/mol. The van der Waals surface area contributed by atoms with Crippen molar-refractivity contribution in [1.29, 1.82) is 0 Å². The largest absolute Gasteiger partial charge is 0.369 e. The summed E-state index contributed by atoms with van der Waals surface area (Å²) < 4.78 is 0.983. The van der Waals surface area contributed by atoms with Crippen molar-refractivity contribution < 1.29 is 0 Å². The topological polar surface area (TPSA) is 80.0 Å². The molecular weight excluding hydrogens is 366 g/mol. The summed E-state index contributed by atoms with van der Waals surface area (Å²) in [6.07, 6.45) is 4.11. The molecule has 4 N–H and O–H groups in total. The zero-order valence-corrected chi connectivity index (χ0v) is 14.9. The Labute approximate surface area is 145 Å². The molecule has 0 amide bonds. The number of para-hydroxylation sites is 1. The Morgan fingerprint density at radius 1 is 1.23 bits per heavy atom. The molecule has 1 aromatic rings. The summed E-state index contributed by atoms with van der Waals surface area (Å²) in [5.41, 5.74) is 12.7. The molecule has 22 heavy (non-hydrogen) atoms. The Bertz CT molecular complexity index is 608. The van der Waals surface area contributed by atoms with Crippen molar-refractivity contribution in [2.75, 3.05) is 4.90 Å². The second-order valence-corrected chi connectivity index (χ2v) is 6.75.